The van der Waals surface area contributed by atoms with Crippen LogP contribution in [0.3, 0.4) is 0 Å². The summed E-state index contributed by atoms with van der Waals surface area (Å²) in [5, 5.41) is 11.7. The number of hydrogen-bond acceptors (Lipinski definition) is 6. The van der Waals surface area contributed by atoms with Crippen molar-refractivity contribution >= 4 is 22.0 Å². The predicted octanol–water partition coefficient (Wildman–Crippen LogP) is 2.65. The van der Waals surface area contributed by atoms with Gasteiger partial charge in [-0.2, -0.15) is 0 Å². The molecule has 0 aliphatic carbocycles. The Bertz CT molecular complexity index is 570. The molecular weight excluding hydrogens is 264 g/mol. The van der Waals surface area contributed by atoms with Crippen LogP contribution in [-0.4, -0.2) is 21.9 Å². The zero-order valence-electron chi connectivity index (χ0n) is 10.7. The molecule has 19 heavy (non-hydrogen) atoms. The van der Waals surface area contributed by atoms with Gasteiger partial charge in [0.15, 0.2) is 5.00 Å². The van der Waals surface area contributed by atoms with Crippen LogP contribution in [-0.2, 0) is 13.0 Å². The van der Waals surface area contributed by atoms with E-state index in [2.05, 4.69) is 9.97 Å². The van der Waals surface area contributed by atoms with E-state index in [-0.39, 0.29) is 10.6 Å². The Morgan fingerprint density at radius 2 is 2.11 bits per heavy atom. The molecule has 0 atom stereocenters. The molecule has 0 radical (unpaired) electrons. The van der Waals surface area contributed by atoms with E-state index in [0.717, 1.165) is 11.3 Å². The number of rotatable bonds is 5. The highest BCUT2D eigenvalue weighted by molar-refractivity contribution is 7.16. The Hall–Kier alpha value is -2.02. The zero-order valence-corrected chi connectivity index (χ0v) is 11.6. The minimum absolute atomic E-state index is 0.153. The minimum Gasteiger partial charge on any atom is -0.353 e. The summed E-state index contributed by atoms with van der Waals surface area (Å²) in [6.07, 6.45) is 4.12. The van der Waals surface area contributed by atoms with E-state index in [1.807, 2.05) is 18.9 Å². The van der Waals surface area contributed by atoms with Gasteiger partial charge < -0.3 is 4.90 Å². The molecule has 2 heterocycles. The number of hydrogen-bond donors (Lipinski definition) is 0. The fourth-order valence-electron chi connectivity index (χ4n) is 1.69. The summed E-state index contributed by atoms with van der Waals surface area (Å²) in [4.78, 5) is 21.8. The van der Waals surface area contributed by atoms with Gasteiger partial charge in [-0.25, -0.2) is 9.97 Å². The van der Waals surface area contributed by atoms with Crippen LogP contribution in [0.25, 0.3) is 0 Å². The molecule has 0 saturated carbocycles. The van der Waals surface area contributed by atoms with Gasteiger partial charge in [-0.3, -0.25) is 10.1 Å². The first-order valence-electron chi connectivity index (χ1n) is 5.86. The third-order valence-corrected chi connectivity index (χ3v) is 4.02. The first-order valence-corrected chi connectivity index (χ1v) is 6.67. The maximum Gasteiger partial charge on any atom is 0.303 e. The number of aromatic nitrogens is 2. The largest absolute Gasteiger partial charge is 0.353 e. The highest BCUT2D eigenvalue weighted by Gasteiger charge is 2.22. The molecular formula is C12H14N4O2S. The molecule has 100 valence electrons. The Morgan fingerprint density at radius 1 is 1.42 bits per heavy atom. The van der Waals surface area contributed by atoms with Gasteiger partial charge in [-0.15, -0.1) is 11.3 Å². The average Bonchev–Trinajstić information content (AvgIpc) is 2.84. The Kier molecular flexibility index (Phi) is 4.06. The van der Waals surface area contributed by atoms with Crippen LogP contribution in [0.15, 0.2) is 24.5 Å². The van der Waals surface area contributed by atoms with Crippen LogP contribution in [0.5, 0.6) is 0 Å². The normalized spacial score (nSPS) is 10.4. The molecule has 0 aromatic carbocycles. The molecule has 0 fully saturated rings. The Balaban J connectivity index is 2.25. The third kappa shape index (κ3) is 3.05. The van der Waals surface area contributed by atoms with Crippen molar-refractivity contribution in [3.8, 4) is 0 Å². The van der Waals surface area contributed by atoms with Gasteiger partial charge in [-0.1, -0.05) is 6.92 Å². The lowest BCUT2D eigenvalue weighted by molar-refractivity contribution is -0.383. The molecule has 0 saturated heterocycles. The molecule has 0 amide bonds. The van der Waals surface area contributed by atoms with Gasteiger partial charge in [0, 0.05) is 30.4 Å². The van der Waals surface area contributed by atoms with Crippen LogP contribution < -0.4 is 4.90 Å². The molecule has 0 unspecified atom stereocenters. The molecule has 0 spiro atoms. The zero-order chi connectivity index (χ0) is 13.8. The maximum absolute atomic E-state index is 11.1. The van der Waals surface area contributed by atoms with E-state index >= 15 is 0 Å². The van der Waals surface area contributed by atoms with E-state index in [1.54, 1.807) is 24.5 Å². The Labute approximate surface area is 114 Å². The first-order chi connectivity index (χ1) is 9.11. The molecule has 2 rings (SSSR count). The summed E-state index contributed by atoms with van der Waals surface area (Å²) >= 11 is 1.44. The van der Waals surface area contributed by atoms with E-state index in [4.69, 9.17) is 0 Å². The van der Waals surface area contributed by atoms with Gasteiger partial charge in [0.1, 0.15) is 5.82 Å². The molecule has 2 aromatic rings. The molecule has 2 aromatic heterocycles. The van der Waals surface area contributed by atoms with E-state index < -0.39 is 0 Å². The second-order valence-electron chi connectivity index (χ2n) is 4.03. The van der Waals surface area contributed by atoms with Crippen molar-refractivity contribution in [1.82, 2.24) is 9.97 Å². The fraction of sp³-hybridized carbons (Fsp3) is 0.333. The number of anilines is 1. The lowest BCUT2D eigenvalue weighted by Gasteiger charge is -2.15. The summed E-state index contributed by atoms with van der Waals surface area (Å²) in [5.41, 5.74) is 0.153. The van der Waals surface area contributed by atoms with Gasteiger partial charge in [0.2, 0.25) is 0 Å². The van der Waals surface area contributed by atoms with Crippen molar-refractivity contribution in [3.63, 3.8) is 0 Å². The summed E-state index contributed by atoms with van der Waals surface area (Å²) in [6, 6.07) is 3.38. The van der Waals surface area contributed by atoms with Crippen LogP contribution in [0.4, 0.5) is 10.7 Å². The SMILES string of the molecule is CCc1cc([N+](=O)[O-])c(N(C)Cc2ncccn2)s1. The molecule has 0 aliphatic rings. The van der Waals surface area contributed by atoms with Gasteiger partial charge >= 0.3 is 5.69 Å². The quantitative estimate of drug-likeness (QED) is 0.621. The lowest BCUT2D eigenvalue weighted by Crippen LogP contribution is -2.17. The predicted molar refractivity (Wildman–Crippen MR) is 74.5 cm³/mol. The Morgan fingerprint density at radius 3 is 2.68 bits per heavy atom. The van der Waals surface area contributed by atoms with Crippen molar-refractivity contribution < 1.29 is 4.92 Å². The fourth-order valence-corrected chi connectivity index (χ4v) is 2.72. The van der Waals surface area contributed by atoms with Gasteiger partial charge in [0.05, 0.1) is 11.5 Å². The standard InChI is InChI=1S/C12H14N4O2S/c1-3-9-7-10(16(17)18)12(19-9)15(2)8-11-13-5-4-6-14-11/h4-7H,3,8H2,1-2H3. The molecule has 7 heteroatoms. The summed E-state index contributed by atoms with van der Waals surface area (Å²) in [7, 11) is 1.81. The van der Waals surface area contributed by atoms with E-state index in [9.17, 15) is 10.1 Å². The topological polar surface area (TPSA) is 72.2 Å². The summed E-state index contributed by atoms with van der Waals surface area (Å²) < 4.78 is 0. The van der Waals surface area contributed by atoms with E-state index in [0.29, 0.717) is 17.4 Å². The first kappa shape index (κ1) is 13.4. The van der Waals surface area contributed by atoms with Crippen LogP contribution in [0.2, 0.25) is 0 Å². The number of thiophene rings is 1. The number of nitro groups is 1. The average molecular weight is 278 g/mol. The third-order valence-electron chi connectivity index (χ3n) is 2.63. The molecule has 0 bridgehead atoms. The van der Waals surface area contributed by atoms with Crippen molar-refractivity contribution in [1.29, 1.82) is 0 Å². The summed E-state index contributed by atoms with van der Waals surface area (Å²) in [5.74, 6) is 0.644. The van der Waals surface area contributed by atoms with Crippen molar-refractivity contribution in [2.24, 2.45) is 0 Å². The second-order valence-corrected chi connectivity index (χ2v) is 5.15. The molecule has 6 nitrogen and oxygen atoms in total. The summed E-state index contributed by atoms with van der Waals surface area (Å²) in [6.45, 7) is 2.44. The van der Waals surface area contributed by atoms with E-state index in [1.165, 1.54) is 11.3 Å². The second kappa shape index (κ2) is 5.75. The van der Waals surface area contributed by atoms with Gasteiger partial charge in [-0.05, 0) is 12.5 Å². The number of nitrogens with zero attached hydrogens (tertiary/aromatic N) is 4. The van der Waals surface area contributed by atoms with Gasteiger partial charge in [0.25, 0.3) is 0 Å². The van der Waals surface area contributed by atoms with Crippen LogP contribution in [0.1, 0.15) is 17.6 Å². The highest BCUT2D eigenvalue weighted by atomic mass is 32.1. The number of aryl methyl sites for hydroxylation is 1. The van der Waals surface area contributed by atoms with Crippen molar-refractivity contribution in [3.05, 3.63) is 45.3 Å². The van der Waals surface area contributed by atoms with Crippen molar-refractivity contribution in [2.45, 2.75) is 19.9 Å². The van der Waals surface area contributed by atoms with Crippen LogP contribution in [0, 0.1) is 10.1 Å². The smallest absolute Gasteiger partial charge is 0.303 e. The van der Waals surface area contributed by atoms with Crippen LogP contribution >= 0.6 is 11.3 Å². The molecule has 0 N–H and O–H groups in total. The minimum atomic E-state index is -0.340. The molecule has 0 aliphatic heterocycles. The highest BCUT2D eigenvalue weighted by Crippen LogP contribution is 2.37. The lowest BCUT2D eigenvalue weighted by atomic mass is 10.3. The monoisotopic (exact) mass is 278 g/mol. The van der Waals surface area contributed by atoms with Crippen molar-refractivity contribution in [2.75, 3.05) is 11.9 Å². The maximum atomic E-state index is 11.1.